The molecule has 4 aliphatic rings. The van der Waals surface area contributed by atoms with Crippen LogP contribution in [0.4, 0.5) is 0 Å². The van der Waals surface area contributed by atoms with Crippen LogP contribution in [0.1, 0.15) is 86.0 Å². The summed E-state index contributed by atoms with van der Waals surface area (Å²) in [6, 6.07) is 0. The van der Waals surface area contributed by atoms with Crippen molar-refractivity contribution in [3.63, 3.8) is 0 Å². The van der Waals surface area contributed by atoms with Crippen molar-refractivity contribution in [2.75, 3.05) is 0 Å². The number of hydrogen-bond acceptors (Lipinski definition) is 2. The third-order valence-electron chi connectivity index (χ3n) is 9.93. The quantitative estimate of drug-likeness (QED) is 0.625. The van der Waals surface area contributed by atoms with E-state index in [4.69, 9.17) is 0 Å². The van der Waals surface area contributed by atoms with Crippen LogP contribution in [-0.2, 0) is 4.79 Å². The van der Waals surface area contributed by atoms with Gasteiger partial charge in [-0.2, -0.15) is 0 Å². The number of aliphatic hydroxyl groups is 1. The lowest BCUT2D eigenvalue weighted by Gasteiger charge is -2.69. The number of allylic oxidation sites excluding steroid dienone is 1. The average molecular weight is 359 g/mol. The Morgan fingerprint density at radius 2 is 1.65 bits per heavy atom. The number of hydrogen-bond donors (Lipinski definition) is 1. The molecule has 7 unspecified atom stereocenters. The van der Waals surface area contributed by atoms with Crippen molar-refractivity contribution in [3.05, 3.63) is 11.6 Å². The predicted octanol–water partition coefficient (Wildman–Crippen LogP) is 5.54. The largest absolute Gasteiger partial charge is 0.392 e. The molecule has 2 heteroatoms. The standard InChI is InChI=1S/C24H38O2/c1-21(2)10-6-11-22(3)17(21)9-12-23(4)18-8-7-16(15-25)14-24(18,5)20(26)13-19(22)23/h14-15,17-20,26H,6-13H2,1-5H3. The molecule has 0 aromatic carbocycles. The van der Waals surface area contributed by atoms with Crippen molar-refractivity contribution in [1.82, 2.24) is 0 Å². The van der Waals surface area contributed by atoms with Gasteiger partial charge in [-0.25, -0.2) is 0 Å². The second-order valence-electron chi connectivity index (χ2n) is 11.5. The summed E-state index contributed by atoms with van der Waals surface area (Å²) in [5.41, 5.74) is 1.75. The molecule has 0 spiro atoms. The van der Waals surface area contributed by atoms with Gasteiger partial charge in [0.1, 0.15) is 6.29 Å². The molecule has 0 aromatic heterocycles. The van der Waals surface area contributed by atoms with Gasteiger partial charge >= 0.3 is 0 Å². The maximum atomic E-state index is 11.4. The molecule has 3 fully saturated rings. The van der Waals surface area contributed by atoms with Crippen LogP contribution < -0.4 is 0 Å². The van der Waals surface area contributed by atoms with Crippen molar-refractivity contribution in [1.29, 1.82) is 0 Å². The Morgan fingerprint density at radius 3 is 2.35 bits per heavy atom. The SMILES string of the molecule is CC1(C)CCCC2(C)C1CCC1(C)C3CCC(C=O)=CC3(C)C(O)CC21. The molecule has 2 nitrogen and oxygen atoms in total. The maximum absolute atomic E-state index is 11.4. The number of carbonyl (C=O) groups excluding carboxylic acids is 1. The molecule has 0 bridgehead atoms. The lowest BCUT2D eigenvalue weighted by atomic mass is 9.36. The summed E-state index contributed by atoms with van der Waals surface area (Å²) in [7, 11) is 0. The first kappa shape index (κ1) is 18.7. The van der Waals surface area contributed by atoms with Gasteiger partial charge in [0.15, 0.2) is 0 Å². The molecule has 26 heavy (non-hydrogen) atoms. The van der Waals surface area contributed by atoms with E-state index in [0.717, 1.165) is 37.0 Å². The first-order valence-electron chi connectivity index (χ1n) is 10.9. The van der Waals surface area contributed by atoms with Crippen molar-refractivity contribution in [2.45, 2.75) is 92.1 Å². The van der Waals surface area contributed by atoms with Gasteiger partial charge in [-0.05, 0) is 84.5 Å². The first-order chi connectivity index (χ1) is 12.1. The fourth-order valence-corrected chi connectivity index (χ4v) is 8.77. The Balaban J connectivity index is 1.77. The Bertz CT molecular complexity index is 634. The van der Waals surface area contributed by atoms with E-state index in [1.165, 1.54) is 32.1 Å². The van der Waals surface area contributed by atoms with Crippen LogP contribution in [0.15, 0.2) is 11.6 Å². The molecule has 1 N–H and O–H groups in total. The van der Waals surface area contributed by atoms with Crippen LogP contribution in [-0.4, -0.2) is 17.5 Å². The van der Waals surface area contributed by atoms with Gasteiger partial charge in [-0.15, -0.1) is 0 Å². The third-order valence-corrected chi connectivity index (χ3v) is 9.93. The molecular formula is C24H38O2. The zero-order chi connectivity index (χ0) is 19.0. The Labute approximate surface area is 159 Å². The minimum atomic E-state index is -0.318. The number of fused-ring (bicyclic) bond motifs is 5. The normalized spacial score (nSPS) is 52.9. The van der Waals surface area contributed by atoms with E-state index >= 15 is 0 Å². The van der Waals surface area contributed by atoms with Crippen LogP contribution in [0.2, 0.25) is 0 Å². The van der Waals surface area contributed by atoms with E-state index in [-0.39, 0.29) is 16.9 Å². The van der Waals surface area contributed by atoms with Crippen molar-refractivity contribution >= 4 is 6.29 Å². The minimum absolute atomic E-state index is 0.229. The van der Waals surface area contributed by atoms with Crippen molar-refractivity contribution < 1.29 is 9.90 Å². The van der Waals surface area contributed by atoms with E-state index in [2.05, 4.69) is 40.7 Å². The van der Waals surface area contributed by atoms with Gasteiger partial charge in [0, 0.05) is 5.41 Å². The highest BCUT2D eigenvalue weighted by atomic mass is 16.3. The Hall–Kier alpha value is -0.630. The lowest BCUT2D eigenvalue weighted by molar-refractivity contribution is -0.215. The summed E-state index contributed by atoms with van der Waals surface area (Å²) in [5.74, 6) is 1.88. The highest BCUT2D eigenvalue weighted by molar-refractivity contribution is 5.73. The molecule has 7 atom stereocenters. The number of aliphatic hydroxyl groups excluding tert-OH is 1. The molecule has 0 amide bonds. The zero-order valence-corrected chi connectivity index (χ0v) is 17.5. The third kappa shape index (κ3) is 2.30. The molecule has 4 aliphatic carbocycles. The summed E-state index contributed by atoms with van der Waals surface area (Å²) < 4.78 is 0. The van der Waals surface area contributed by atoms with Gasteiger partial charge < -0.3 is 5.11 Å². The zero-order valence-electron chi connectivity index (χ0n) is 17.5. The van der Waals surface area contributed by atoms with Crippen LogP contribution in [0.3, 0.4) is 0 Å². The Kier molecular flexibility index (Phi) is 4.10. The summed E-state index contributed by atoms with van der Waals surface area (Å²) in [4.78, 5) is 11.4. The van der Waals surface area contributed by atoms with E-state index in [9.17, 15) is 9.90 Å². The van der Waals surface area contributed by atoms with E-state index in [1.54, 1.807) is 0 Å². The van der Waals surface area contributed by atoms with Crippen LogP contribution in [0.5, 0.6) is 0 Å². The van der Waals surface area contributed by atoms with Crippen LogP contribution >= 0.6 is 0 Å². The van der Waals surface area contributed by atoms with E-state index < -0.39 is 0 Å². The van der Waals surface area contributed by atoms with Crippen molar-refractivity contribution in [2.24, 2.45) is 39.4 Å². The highest BCUT2D eigenvalue weighted by Crippen LogP contribution is 2.72. The summed E-state index contributed by atoms with van der Waals surface area (Å²) in [6.07, 6.45) is 12.4. The molecule has 3 saturated carbocycles. The first-order valence-corrected chi connectivity index (χ1v) is 10.9. The fourth-order valence-electron chi connectivity index (χ4n) is 8.77. The smallest absolute Gasteiger partial charge is 0.145 e. The molecule has 0 heterocycles. The molecule has 0 saturated heterocycles. The average Bonchev–Trinajstić information content (AvgIpc) is 2.56. The minimum Gasteiger partial charge on any atom is -0.392 e. The molecule has 0 radical (unpaired) electrons. The van der Waals surface area contributed by atoms with Crippen LogP contribution in [0, 0.1) is 39.4 Å². The van der Waals surface area contributed by atoms with Gasteiger partial charge in [0.2, 0.25) is 0 Å². The molecule has 4 rings (SSSR count). The summed E-state index contributed by atoms with van der Waals surface area (Å²) >= 11 is 0. The van der Waals surface area contributed by atoms with E-state index in [1.807, 2.05) is 0 Å². The number of aldehydes is 1. The summed E-state index contributed by atoms with van der Waals surface area (Å²) in [6.45, 7) is 12.3. The highest BCUT2D eigenvalue weighted by Gasteiger charge is 2.65. The van der Waals surface area contributed by atoms with Gasteiger partial charge in [0.05, 0.1) is 6.10 Å². The summed E-state index contributed by atoms with van der Waals surface area (Å²) in [5, 5.41) is 11.3. The Morgan fingerprint density at radius 1 is 0.962 bits per heavy atom. The fraction of sp³-hybridized carbons (Fsp3) is 0.875. The van der Waals surface area contributed by atoms with Crippen molar-refractivity contribution in [3.8, 4) is 0 Å². The second-order valence-corrected chi connectivity index (χ2v) is 11.5. The lowest BCUT2D eigenvalue weighted by Crippen LogP contribution is -2.64. The van der Waals surface area contributed by atoms with Crippen LogP contribution in [0.25, 0.3) is 0 Å². The molecule has 0 aliphatic heterocycles. The predicted molar refractivity (Wildman–Crippen MR) is 106 cm³/mol. The number of rotatable bonds is 1. The monoisotopic (exact) mass is 358 g/mol. The van der Waals surface area contributed by atoms with Gasteiger partial charge in [-0.3, -0.25) is 4.79 Å². The molecule has 0 aromatic rings. The van der Waals surface area contributed by atoms with E-state index in [0.29, 0.717) is 22.7 Å². The topological polar surface area (TPSA) is 37.3 Å². The number of carbonyl (C=O) groups is 1. The van der Waals surface area contributed by atoms with Gasteiger partial charge in [-0.1, -0.05) is 47.1 Å². The molecular weight excluding hydrogens is 320 g/mol. The molecule has 146 valence electrons. The second kappa shape index (κ2) is 5.69. The van der Waals surface area contributed by atoms with Gasteiger partial charge in [0.25, 0.3) is 0 Å². The maximum Gasteiger partial charge on any atom is 0.145 e.